The Labute approximate surface area is 73.4 Å². The van der Waals surface area contributed by atoms with Gasteiger partial charge in [0.1, 0.15) is 0 Å². The number of nitrogens with one attached hydrogen (secondary N) is 1. The Bertz CT molecular complexity index is 155. The van der Waals surface area contributed by atoms with E-state index >= 15 is 0 Å². The molecule has 72 valence electrons. The van der Waals surface area contributed by atoms with Crippen LogP contribution in [0.4, 0.5) is 0 Å². The Morgan fingerprint density at radius 1 is 1.58 bits per heavy atom. The summed E-state index contributed by atoms with van der Waals surface area (Å²) in [6.07, 6.45) is 0.134. The SMILES string of the molecule is CC(C)OCC(C)(C)C(=O)NN. The lowest BCUT2D eigenvalue weighted by Crippen LogP contribution is -2.43. The molecule has 0 aliphatic heterocycles. The lowest BCUT2D eigenvalue weighted by molar-refractivity contribution is -0.133. The van der Waals surface area contributed by atoms with Crippen LogP contribution in [-0.4, -0.2) is 18.6 Å². The minimum atomic E-state index is -0.557. The van der Waals surface area contributed by atoms with Crippen molar-refractivity contribution in [1.29, 1.82) is 0 Å². The van der Waals surface area contributed by atoms with Gasteiger partial charge in [-0.25, -0.2) is 5.84 Å². The molecule has 0 saturated carbocycles. The molecule has 0 rings (SSSR count). The lowest BCUT2D eigenvalue weighted by atomic mass is 9.94. The van der Waals surface area contributed by atoms with Crippen molar-refractivity contribution in [1.82, 2.24) is 5.43 Å². The van der Waals surface area contributed by atoms with Gasteiger partial charge in [-0.05, 0) is 27.7 Å². The van der Waals surface area contributed by atoms with Gasteiger partial charge in [-0.2, -0.15) is 0 Å². The van der Waals surface area contributed by atoms with E-state index in [2.05, 4.69) is 5.43 Å². The zero-order valence-electron chi connectivity index (χ0n) is 8.18. The Hall–Kier alpha value is -0.610. The van der Waals surface area contributed by atoms with Gasteiger partial charge in [-0.15, -0.1) is 0 Å². The number of amides is 1. The first kappa shape index (κ1) is 11.4. The van der Waals surface area contributed by atoms with Crippen LogP contribution in [0.5, 0.6) is 0 Å². The van der Waals surface area contributed by atoms with E-state index in [1.165, 1.54) is 0 Å². The third-order valence-electron chi connectivity index (χ3n) is 1.52. The zero-order valence-corrected chi connectivity index (χ0v) is 8.18. The molecule has 0 aromatic rings. The smallest absolute Gasteiger partial charge is 0.241 e. The fourth-order valence-electron chi connectivity index (χ4n) is 0.636. The third-order valence-corrected chi connectivity index (χ3v) is 1.52. The molecule has 1 amide bonds. The Kier molecular flexibility index (Phi) is 4.20. The largest absolute Gasteiger partial charge is 0.378 e. The maximum absolute atomic E-state index is 11.1. The molecular formula is C8H18N2O2. The molecule has 0 bridgehead atoms. The third kappa shape index (κ3) is 3.69. The molecule has 0 atom stereocenters. The normalized spacial score (nSPS) is 11.8. The van der Waals surface area contributed by atoms with Crippen molar-refractivity contribution in [2.24, 2.45) is 11.3 Å². The molecule has 12 heavy (non-hydrogen) atoms. The summed E-state index contributed by atoms with van der Waals surface area (Å²) in [5, 5.41) is 0. The monoisotopic (exact) mass is 174 g/mol. The highest BCUT2D eigenvalue weighted by atomic mass is 16.5. The predicted molar refractivity (Wildman–Crippen MR) is 47.2 cm³/mol. The first-order chi connectivity index (χ1) is 5.40. The van der Waals surface area contributed by atoms with E-state index in [4.69, 9.17) is 10.6 Å². The van der Waals surface area contributed by atoms with Gasteiger partial charge in [0.15, 0.2) is 0 Å². The summed E-state index contributed by atoms with van der Waals surface area (Å²) >= 11 is 0. The van der Waals surface area contributed by atoms with Crippen LogP contribution in [0.2, 0.25) is 0 Å². The summed E-state index contributed by atoms with van der Waals surface area (Å²) in [5.74, 6) is 4.80. The van der Waals surface area contributed by atoms with Crippen molar-refractivity contribution in [3.63, 3.8) is 0 Å². The summed E-state index contributed by atoms with van der Waals surface area (Å²) in [7, 11) is 0. The van der Waals surface area contributed by atoms with Gasteiger partial charge < -0.3 is 4.74 Å². The van der Waals surface area contributed by atoms with Crippen LogP contribution in [-0.2, 0) is 9.53 Å². The highest BCUT2D eigenvalue weighted by Crippen LogP contribution is 2.15. The maximum atomic E-state index is 11.1. The van der Waals surface area contributed by atoms with E-state index in [-0.39, 0.29) is 12.0 Å². The number of carbonyl (C=O) groups is 1. The number of carbonyl (C=O) groups excluding carboxylic acids is 1. The van der Waals surface area contributed by atoms with Gasteiger partial charge in [0.05, 0.1) is 18.1 Å². The second kappa shape index (κ2) is 4.42. The number of nitrogens with two attached hydrogens (primary N) is 1. The number of ether oxygens (including phenoxy) is 1. The molecule has 0 saturated heterocycles. The van der Waals surface area contributed by atoms with Crippen molar-refractivity contribution in [2.45, 2.75) is 33.8 Å². The number of hydrazine groups is 1. The quantitative estimate of drug-likeness (QED) is 0.369. The number of hydrogen-bond donors (Lipinski definition) is 2. The minimum absolute atomic E-state index is 0.134. The van der Waals surface area contributed by atoms with Gasteiger partial charge in [-0.3, -0.25) is 10.2 Å². The summed E-state index contributed by atoms with van der Waals surface area (Å²) in [6.45, 7) is 7.82. The maximum Gasteiger partial charge on any atom is 0.241 e. The molecule has 0 unspecified atom stereocenters. The average molecular weight is 174 g/mol. The highest BCUT2D eigenvalue weighted by Gasteiger charge is 2.27. The summed E-state index contributed by atoms with van der Waals surface area (Å²) in [6, 6.07) is 0. The van der Waals surface area contributed by atoms with Gasteiger partial charge in [0.25, 0.3) is 0 Å². The van der Waals surface area contributed by atoms with Crippen LogP contribution >= 0.6 is 0 Å². The molecule has 0 radical (unpaired) electrons. The first-order valence-corrected chi connectivity index (χ1v) is 4.03. The van der Waals surface area contributed by atoms with Gasteiger partial charge in [-0.1, -0.05) is 0 Å². The van der Waals surface area contributed by atoms with E-state index in [1.54, 1.807) is 13.8 Å². The van der Waals surface area contributed by atoms with Crippen LogP contribution in [0.25, 0.3) is 0 Å². The van der Waals surface area contributed by atoms with Crippen LogP contribution in [0.15, 0.2) is 0 Å². The molecular weight excluding hydrogens is 156 g/mol. The fraction of sp³-hybridized carbons (Fsp3) is 0.875. The molecule has 4 heteroatoms. The number of rotatable bonds is 4. The molecule has 3 N–H and O–H groups in total. The van der Waals surface area contributed by atoms with Crippen molar-refractivity contribution < 1.29 is 9.53 Å². The summed E-state index contributed by atoms with van der Waals surface area (Å²) < 4.78 is 5.31. The van der Waals surface area contributed by atoms with E-state index in [9.17, 15) is 4.79 Å². The second-order valence-electron chi connectivity index (χ2n) is 3.72. The van der Waals surface area contributed by atoms with Gasteiger partial charge >= 0.3 is 0 Å². The van der Waals surface area contributed by atoms with Gasteiger partial charge in [0.2, 0.25) is 5.91 Å². The van der Waals surface area contributed by atoms with E-state index < -0.39 is 5.41 Å². The molecule has 0 heterocycles. The second-order valence-corrected chi connectivity index (χ2v) is 3.72. The Morgan fingerprint density at radius 2 is 2.08 bits per heavy atom. The van der Waals surface area contributed by atoms with Crippen LogP contribution in [0, 0.1) is 5.41 Å². The van der Waals surface area contributed by atoms with E-state index in [0.29, 0.717) is 6.61 Å². The van der Waals surface area contributed by atoms with E-state index in [0.717, 1.165) is 0 Å². The Morgan fingerprint density at radius 3 is 2.42 bits per heavy atom. The molecule has 0 fully saturated rings. The average Bonchev–Trinajstić information content (AvgIpc) is 1.99. The standard InChI is InChI=1S/C8H18N2O2/c1-6(2)12-5-8(3,4)7(11)10-9/h6H,5,9H2,1-4H3,(H,10,11). The van der Waals surface area contributed by atoms with Crippen molar-refractivity contribution >= 4 is 5.91 Å². The molecule has 0 aliphatic rings. The highest BCUT2D eigenvalue weighted by molar-refractivity contribution is 5.81. The van der Waals surface area contributed by atoms with Crippen LogP contribution in [0.3, 0.4) is 0 Å². The van der Waals surface area contributed by atoms with Crippen molar-refractivity contribution in [3.05, 3.63) is 0 Å². The molecule has 0 aromatic carbocycles. The van der Waals surface area contributed by atoms with Crippen molar-refractivity contribution in [2.75, 3.05) is 6.61 Å². The topological polar surface area (TPSA) is 64.3 Å². The molecule has 0 spiro atoms. The lowest BCUT2D eigenvalue weighted by Gasteiger charge is -2.23. The number of hydrogen-bond acceptors (Lipinski definition) is 3. The van der Waals surface area contributed by atoms with E-state index in [1.807, 2.05) is 13.8 Å². The molecule has 0 aliphatic carbocycles. The predicted octanol–water partition coefficient (Wildman–Crippen LogP) is 0.428. The fourth-order valence-corrected chi connectivity index (χ4v) is 0.636. The zero-order chi connectivity index (χ0) is 9.78. The van der Waals surface area contributed by atoms with Crippen LogP contribution < -0.4 is 11.3 Å². The van der Waals surface area contributed by atoms with Gasteiger partial charge in [0, 0.05) is 0 Å². The minimum Gasteiger partial charge on any atom is -0.378 e. The summed E-state index contributed by atoms with van der Waals surface area (Å²) in [5.41, 5.74) is 1.55. The Balaban J connectivity index is 3.95. The molecule has 0 aromatic heterocycles. The first-order valence-electron chi connectivity index (χ1n) is 4.03. The molecule has 4 nitrogen and oxygen atoms in total. The van der Waals surface area contributed by atoms with Crippen LogP contribution in [0.1, 0.15) is 27.7 Å². The summed E-state index contributed by atoms with van der Waals surface area (Å²) in [4.78, 5) is 11.1. The van der Waals surface area contributed by atoms with Crippen molar-refractivity contribution in [3.8, 4) is 0 Å².